The fourth-order valence-corrected chi connectivity index (χ4v) is 5.60. The molecular formula is C34H31FIN3O4. The third-order valence-corrected chi connectivity index (χ3v) is 7.90. The van der Waals surface area contributed by atoms with Gasteiger partial charge >= 0.3 is 0 Å². The van der Waals surface area contributed by atoms with Gasteiger partial charge in [0.05, 0.1) is 34.9 Å². The van der Waals surface area contributed by atoms with E-state index >= 15 is 0 Å². The number of nitrogens with zero attached hydrogens (tertiary/aromatic N) is 3. The van der Waals surface area contributed by atoms with Crippen LogP contribution < -0.4 is 19.8 Å². The minimum atomic E-state index is -0.335. The van der Waals surface area contributed by atoms with Crippen molar-refractivity contribution < 1.29 is 18.6 Å². The lowest BCUT2D eigenvalue weighted by Crippen LogP contribution is -2.21. The van der Waals surface area contributed by atoms with E-state index in [0.29, 0.717) is 39.4 Å². The molecule has 0 N–H and O–H groups in total. The van der Waals surface area contributed by atoms with Gasteiger partial charge in [-0.25, -0.2) is 9.37 Å². The molecule has 220 valence electrons. The molecule has 0 aliphatic heterocycles. The van der Waals surface area contributed by atoms with Gasteiger partial charge in [-0.1, -0.05) is 44.2 Å². The molecule has 0 aliphatic rings. The summed E-state index contributed by atoms with van der Waals surface area (Å²) in [4.78, 5) is 18.7. The Bertz CT molecular complexity index is 1900. The van der Waals surface area contributed by atoms with Crippen LogP contribution in [-0.4, -0.2) is 30.1 Å². The third kappa shape index (κ3) is 6.27. The molecular weight excluding hydrogens is 660 g/mol. The second kappa shape index (κ2) is 12.9. The Kier molecular flexibility index (Phi) is 9.10. The van der Waals surface area contributed by atoms with Gasteiger partial charge in [-0.3, -0.25) is 4.79 Å². The Hall–Kier alpha value is -4.25. The van der Waals surface area contributed by atoms with Crippen LogP contribution >= 0.6 is 22.6 Å². The number of para-hydroxylation sites is 1. The van der Waals surface area contributed by atoms with Gasteiger partial charge in [0.2, 0.25) is 0 Å². The number of aromatic nitrogens is 2. The van der Waals surface area contributed by atoms with Gasteiger partial charge in [-0.2, -0.15) is 9.78 Å². The summed E-state index contributed by atoms with van der Waals surface area (Å²) in [6, 6.07) is 21.3. The predicted molar refractivity (Wildman–Crippen MR) is 176 cm³/mol. The molecule has 0 unspecified atom stereocenters. The van der Waals surface area contributed by atoms with Gasteiger partial charge in [-0.15, -0.1) is 0 Å². The Morgan fingerprint density at radius 1 is 1.00 bits per heavy atom. The van der Waals surface area contributed by atoms with Crippen molar-refractivity contribution in [2.75, 3.05) is 14.2 Å². The highest BCUT2D eigenvalue weighted by Crippen LogP contribution is 2.36. The molecule has 5 aromatic rings. The first kappa shape index (κ1) is 30.2. The monoisotopic (exact) mass is 691 g/mol. The minimum Gasteiger partial charge on any atom is -0.496 e. The molecule has 4 aromatic carbocycles. The van der Waals surface area contributed by atoms with Crippen LogP contribution in [0.5, 0.6) is 17.2 Å². The van der Waals surface area contributed by atoms with Crippen LogP contribution in [-0.2, 0) is 6.61 Å². The summed E-state index contributed by atoms with van der Waals surface area (Å²) in [7, 11) is 3.19. The fraction of sp³-hybridized carbons (Fsp3) is 0.206. The SMILES string of the molecule is COc1cc(C)c(-c2nc3ccccc3c(=O)n2N=Cc2cc(I)c(OCc3ccccc3F)c(OC)c2)cc1C(C)C. The summed E-state index contributed by atoms with van der Waals surface area (Å²) in [6.45, 7) is 6.20. The Labute approximate surface area is 263 Å². The molecule has 0 saturated heterocycles. The minimum absolute atomic E-state index is 0.0492. The van der Waals surface area contributed by atoms with E-state index in [4.69, 9.17) is 19.2 Å². The number of hydrogen-bond donors (Lipinski definition) is 0. The summed E-state index contributed by atoms with van der Waals surface area (Å²) in [5, 5.41) is 5.11. The average molecular weight is 692 g/mol. The van der Waals surface area contributed by atoms with Crippen LogP contribution in [0.25, 0.3) is 22.3 Å². The lowest BCUT2D eigenvalue weighted by molar-refractivity contribution is 0.277. The normalized spacial score (nSPS) is 11.4. The smallest absolute Gasteiger partial charge is 0.282 e. The van der Waals surface area contributed by atoms with Crippen LogP contribution in [0.4, 0.5) is 4.39 Å². The van der Waals surface area contributed by atoms with Crippen molar-refractivity contribution >= 4 is 39.7 Å². The molecule has 0 saturated carbocycles. The molecule has 0 bridgehead atoms. The summed E-state index contributed by atoms with van der Waals surface area (Å²) in [5.41, 5.74) is 4.11. The zero-order valence-corrected chi connectivity index (χ0v) is 26.7. The first-order chi connectivity index (χ1) is 20.7. The third-order valence-electron chi connectivity index (χ3n) is 7.10. The largest absolute Gasteiger partial charge is 0.496 e. The molecule has 5 rings (SSSR count). The van der Waals surface area contributed by atoms with Gasteiger partial charge < -0.3 is 14.2 Å². The fourth-order valence-electron chi connectivity index (χ4n) is 4.82. The van der Waals surface area contributed by atoms with Crippen LogP contribution in [0, 0.1) is 16.3 Å². The zero-order valence-electron chi connectivity index (χ0n) is 24.5. The van der Waals surface area contributed by atoms with E-state index in [1.165, 1.54) is 17.9 Å². The summed E-state index contributed by atoms with van der Waals surface area (Å²) in [6.07, 6.45) is 1.59. The first-order valence-corrected chi connectivity index (χ1v) is 14.8. The van der Waals surface area contributed by atoms with Crippen LogP contribution in [0.15, 0.2) is 82.7 Å². The van der Waals surface area contributed by atoms with Crippen molar-refractivity contribution in [3.63, 3.8) is 0 Å². The molecule has 7 nitrogen and oxygen atoms in total. The number of rotatable bonds is 9. The van der Waals surface area contributed by atoms with Gasteiger partial charge in [0.15, 0.2) is 17.3 Å². The van der Waals surface area contributed by atoms with Gasteiger partial charge in [0.25, 0.3) is 5.56 Å². The summed E-state index contributed by atoms with van der Waals surface area (Å²) >= 11 is 2.14. The lowest BCUT2D eigenvalue weighted by Gasteiger charge is -2.17. The summed E-state index contributed by atoms with van der Waals surface area (Å²) in [5.74, 6) is 2.01. The number of methoxy groups -OCH3 is 2. The maximum Gasteiger partial charge on any atom is 0.282 e. The maximum atomic E-state index is 14.1. The van der Waals surface area contributed by atoms with Gasteiger partial charge in [-0.05, 0) is 94.6 Å². The highest BCUT2D eigenvalue weighted by molar-refractivity contribution is 14.1. The van der Waals surface area contributed by atoms with E-state index in [9.17, 15) is 9.18 Å². The van der Waals surface area contributed by atoms with Gasteiger partial charge in [0.1, 0.15) is 18.2 Å². The molecule has 1 heterocycles. The second-order valence-corrected chi connectivity index (χ2v) is 11.5. The number of fused-ring (bicyclic) bond motifs is 1. The average Bonchev–Trinajstić information content (AvgIpc) is 3.00. The van der Waals surface area contributed by atoms with Crippen molar-refractivity contribution in [1.82, 2.24) is 9.66 Å². The van der Waals surface area contributed by atoms with Crippen molar-refractivity contribution in [2.45, 2.75) is 33.3 Å². The molecule has 0 amide bonds. The van der Waals surface area contributed by atoms with E-state index in [1.54, 1.807) is 43.7 Å². The molecule has 0 fully saturated rings. The van der Waals surface area contributed by atoms with Crippen molar-refractivity contribution in [3.05, 3.63) is 115 Å². The van der Waals surface area contributed by atoms with E-state index in [2.05, 4.69) is 41.5 Å². The summed E-state index contributed by atoms with van der Waals surface area (Å²) < 4.78 is 33.4. The number of benzene rings is 4. The standard InChI is InChI=1S/C34H31FIN3O4/c1-20(2)25-17-26(21(3)14-30(25)41-4)33-38-29-13-9-7-11-24(29)34(40)39(33)37-18-22-15-28(36)32(31(16-22)42-5)43-19-23-10-6-8-12-27(23)35/h6-18,20H,19H2,1-5H3. The quantitative estimate of drug-likeness (QED) is 0.117. The highest BCUT2D eigenvalue weighted by atomic mass is 127. The molecule has 9 heteroatoms. The van der Waals surface area contributed by atoms with Crippen LogP contribution in [0.1, 0.15) is 42.0 Å². The molecule has 0 atom stereocenters. The molecule has 0 radical (unpaired) electrons. The molecule has 0 spiro atoms. The van der Waals surface area contributed by atoms with Crippen molar-refractivity contribution in [1.29, 1.82) is 0 Å². The lowest BCUT2D eigenvalue weighted by atomic mass is 9.96. The van der Waals surface area contributed by atoms with Crippen molar-refractivity contribution in [3.8, 4) is 28.6 Å². The Morgan fingerprint density at radius 2 is 1.72 bits per heavy atom. The number of ether oxygens (including phenoxy) is 3. The molecule has 43 heavy (non-hydrogen) atoms. The number of halogens is 2. The first-order valence-electron chi connectivity index (χ1n) is 13.7. The topological polar surface area (TPSA) is 74.9 Å². The van der Waals surface area contributed by atoms with E-state index in [-0.39, 0.29) is 23.9 Å². The van der Waals surface area contributed by atoms with E-state index < -0.39 is 0 Å². The molecule has 0 aliphatic carbocycles. The zero-order chi connectivity index (χ0) is 30.7. The molecule has 1 aromatic heterocycles. The Balaban J connectivity index is 1.59. The second-order valence-electron chi connectivity index (χ2n) is 10.3. The van der Waals surface area contributed by atoms with Crippen LogP contribution in [0.2, 0.25) is 0 Å². The van der Waals surface area contributed by atoms with E-state index in [1.807, 2.05) is 43.3 Å². The van der Waals surface area contributed by atoms with E-state index in [0.717, 1.165) is 26.0 Å². The Morgan fingerprint density at radius 3 is 2.44 bits per heavy atom. The number of aryl methyl sites for hydroxylation is 1. The van der Waals surface area contributed by atoms with Crippen LogP contribution in [0.3, 0.4) is 0 Å². The van der Waals surface area contributed by atoms with Crippen molar-refractivity contribution in [2.24, 2.45) is 5.10 Å². The number of hydrogen-bond acceptors (Lipinski definition) is 6. The van der Waals surface area contributed by atoms with Gasteiger partial charge in [0, 0.05) is 11.1 Å². The predicted octanol–water partition coefficient (Wildman–Crippen LogP) is 7.72. The highest BCUT2D eigenvalue weighted by Gasteiger charge is 2.19. The maximum absolute atomic E-state index is 14.1.